The van der Waals surface area contributed by atoms with E-state index in [-0.39, 0.29) is 10.5 Å². The van der Waals surface area contributed by atoms with Gasteiger partial charge in [0.1, 0.15) is 0 Å². The zero-order chi connectivity index (χ0) is 13.2. The van der Waals surface area contributed by atoms with Crippen molar-refractivity contribution in [2.24, 2.45) is 0 Å². The molecule has 0 saturated heterocycles. The van der Waals surface area contributed by atoms with Gasteiger partial charge in [0.05, 0.1) is 0 Å². The molecule has 0 amide bonds. The number of rotatable bonds is 3. The average molecular weight is 263 g/mol. The Morgan fingerprint density at radius 1 is 0.789 bits per heavy atom. The molecular formula is C18H15S+. The fourth-order valence-corrected chi connectivity index (χ4v) is 4.81. The van der Waals surface area contributed by atoms with E-state index in [0.717, 1.165) is 0 Å². The zero-order valence-corrected chi connectivity index (χ0v) is 11.5. The van der Waals surface area contributed by atoms with Crippen molar-refractivity contribution in [3.63, 3.8) is 0 Å². The van der Waals surface area contributed by atoms with Crippen LogP contribution in [0.3, 0.4) is 0 Å². The number of fused-ring (bicyclic) bond motifs is 1. The van der Waals surface area contributed by atoms with Gasteiger partial charge >= 0.3 is 0 Å². The highest BCUT2D eigenvalue weighted by atomic mass is 32.2. The number of thiophene rings is 1. The fourth-order valence-electron chi connectivity index (χ4n) is 2.44. The first-order chi connectivity index (χ1) is 9.36. The lowest BCUT2D eigenvalue weighted by atomic mass is 10.1. The molecule has 0 aliphatic heterocycles. The normalized spacial score (nSPS) is 11.5. The third kappa shape index (κ3) is 1.83. The minimum atomic E-state index is -0.0431. The molecule has 2 aromatic carbocycles. The second kappa shape index (κ2) is 4.87. The highest BCUT2D eigenvalue weighted by molar-refractivity contribution is 7.46. The van der Waals surface area contributed by atoms with Crippen molar-refractivity contribution in [1.82, 2.24) is 0 Å². The van der Waals surface area contributed by atoms with Gasteiger partial charge in [-0.3, -0.25) is 0 Å². The van der Waals surface area contributed by atoms with E-state index in [4.69, 9.17) is 0 Å². The lowest BCUT2D eigenvalue weighted by Crippen LogP contribution is -1.73. The van der Waals surface area contributed by atoms with Crippen molar-refractivity contribution in [3.05, 3.63) is 78.2 Å². The maximum absolute atomic E-state index is 4.00. The predicted molar refractivity (Wildman–Crippen MR) is 87.9 cm³/mol. The second-order valence-electron chi connectivity index (χ2n) is 4.30. The summed E-state index contributed by atoms with van der Waals surface area (Å²) < 4.78 is 1.37. The molecule has 1 heteroatoms. The van der Waals surface area contributed by atoms with Crippen molar-refractivity contribution >= 4 is 32.7 Å². The lowest BCUT2D eigenvalue weighted by Gasteiger charge is -1.93. The first kappa shape index (κ1) is 11.9. The standard InChI is InChI=1S/C18H15S/c1-3-15-16-12-8-9-13-18(16)19(17(15)4-2)14-10-6-5-7-11-14/h3-13H,1-2H2/q+1. The molecule has 0 N–H and O–H groups in total. The Morgan fingerprint density at radius 2 is 1.47 bits per heavy atom. The number of hydrogen-bond acceptors (Lipinski definition) is 0. The average Bonchev–Trinajstić information content (AvgIpc) is 2.81. The molecular weight excluding hydrogens is 248 g/mol. The smallest absolute Gasteiger partial charge is 0.0982 e. The Balaban J connectivity index is 2.47. The van der Waals surface area contributed by atoms with Gasteiger partial charge in [0, 0.05) is 21.4 Å². The van der Waals surface area contributed by atoms with Crippen LogP contribution in [0.5, 0.6) is 0 Å². The van der Waals surface area contributed by atoms with Crippen LogP contribution in [0.4, 0.5) is 0 Å². The highest BCUT2D eigenvalue weighted by Crippen LogP contribution is 2.47. The maximum Gasteiger partial charge on any atom is 0.187 e. The van der Waals surface area contributed by atoms with Crippen molar-refractivity contribution in [2.45, 2.75) is 0 Å². The van der Waals surface area contributed by atoms with Crippen molar-refractivity contribution < 1.29 is 0 Å². The van der Waals surface area contributed by atoms with E-state index in [2.05, 4.69) is 67.8 Å². The summed E-state index contributed by atoms with van der Waals surface area (Å²) in [6, 6.07) is 19.2. The predicted octanol–water partition coefficient (Wildman–Crippen LogP) is 5.86. The van der Waals surface area contributed by atoms with Crippen LogP contribution in [0.15, 0.2) is 67.8 Å². The summed E-state index contributed by atoms with van der Waals surface area (Å²) in [5.41, 5.74) is 1.22. The van der Waals surface area contributed by atoms with Crippen LogP contribution in [0, 0.1) is 0 Å². The van der Waals surface area contributed by atoms with Crippen LogP contribution in [0.2, 0.25) is 0 Å². The summed E-state index contributed by atoms with van der Waals surface area (Å²) in [6.45, 7) is 7.97. The molecule has 19 heavy (non-hydrogen) atoms. The van der Waals surface area contributed by atoms with Gasteiger partial charge in [0.15, 0.2) is 14.5 Å². The van der Waals surface area contributed by atoms with E-state index >= 15 is 0 Å². The molecule has 1 unspecified atom stereocenters. The molecule has 0 bridgehead atoms. The molecule has 92 valence electrons. The van der Waals surface area contributed by atoms with Gasteiger partial charge in [-0.1, -0.05) is 49.6 Å². The summed E-state index contributed by atoms with van der Waals surface area (Å²) in [4.78, 5) is 2.61. The Bertz CT molecular complexity index is 748. The minimum absolute atomic E-state index is 0.0431. The molecule has 0 spiro atoms. The lowest BCUT2D eigenvalue weighted by molar-refractivity contribution is 1.76. The number of hydrogen-bond donors (Lipinski definition) is 0. The van der Waals surface area contributed by atoms with Crippen LogP contribution in [0.25, 0.3) is 27.1 Å². The minimum Gasteiger partial charge on any atom is -0.0982 e. The summed E-state index contributed by atoms with van der Waals surface area (Å²) in [5.74, 6) is 0. The second-order valence-corrected chi connectivity index (χ2v) is 6.27. The fraction of sp³-hybridized carbons (Fsp3) is 0. The largest absolute Gasteiger partial charge is 0.187 e. The van der Waals surface area contributed by atoms with E-state index in [1.54, 1.807) is 0 Å². The molecule has 1 aromatic heterocycles. The Kier molecular flexibility index (Phi) is 3.06. The van der Waals surface area contributed by atoms with Gasteiger partial charge < -0.3 is 0 Å². The topological polar surface area (TPSA) is 0 Å². The monoisotopic (exact) mass is 263 g/mol. The summed E-state index contributed by atoms with van der Waals surface area (Å²) in [7, 11) is -0.0431. The van der Waals surface area contributed by atoms with Crippen LogP contribution in [0.1, 0.15) is 10.4 Å². The molecule has 0 fully saturated rings. The van der Waals surface area contributed by atoms with Gasteiger partial charge in [-0.15, -0.1) is 0 Å². The van der Waals surface area contributed by atoms with Gasteiger partial charge in [0.25, 0.3) is 0 Å². The first-order valence-electron chi connectivity index (χ1n) is 6.24. The molecule has 0 saturated carbocycles. The Morgan fingerprint density at radius 3 is 2.16 bits per heavy atom. The molecule has 3 rings (SSSR count). The maximum atomic E-state index is 4.00. The Labute approximate surface area is 116 Å². The van der Waals surface area contributed by atoms with E-state index in [1.165, 1.54) is 25.4 Å². The zero-order valence-electron chi connectivity index (χ0n) is 10.7. The molecule has 0 radical (unpaired) electrons. The highest BCUT2D eigenvalue weighted by Gasteiger charge is 2.25. The molecule has 3 aromatic rings. The van der Waals surface area contributed by atoms with E-state index in [0.29, 0.717) is 0 Å². The molecule has 0 aliphatic carbocycles. The SMILES string of the molecule is C=Cc1c(C=C)[s+](-c2ccccc2)c2ccccc12. The third-order valence-electron chi connectivity index (χ3n) is 3.25. The molecule has 1 atom stereocenters. The molecule has 0 aliphatic rings. The van der Waals surface area contributed by atoms with Crippen LogP contribution in [-0.2, 0) is 0 Å². The van der Waals surface area contributed by atoms with Gasteiger partial charge in [-0.05, 0) is 30.3 Å². The quantitative estimate of drug-likeness (QED) is 0.519. The van der Waals surface area contributed by atoms with Crippen molar-refractivity contribution in [2.75, 3.05) is 0 Å². The van der Waals surface area contributed by atoms with E-state index in [9.17, 15) is 0 Å². The molecule has 0 nitrogen and oxygen atoms in total. The molecule has 1 heterocycles. The summed E-state index contributed by atoms with van der Waals surface area (Å²) in [5, 5.41) is 1.29. The van der Waals surface area contributed by atoms with Gasteiger partial charge in [-0.25, -0.2) is 0 Å². The first-order valence-corrected chi connectivity index (χ1v) is 7.47. The summed E-state index contributed by atoms with van der Waals surface area (Å²) >= 11 is 0. The van der Waals surface area contributed by atoms with Gasteiger partial charge in [0.2, 0.25) is 0 Å². The van der Waals surface area contributed by atoms with Crippen LogP contribution >= 0.6 is 10.5 Å². The van der Waals surface area contributed by atoms with Crippen molar-refractivity contribution in [1.29, 1.82) is 0 Å². The van der Waals surface area contributed by atoms with Crippen molar-refractivity contribution in [3.8, 4) is 4.90 Å². The van der Waals surface area contributed by atoms with Gasteiger partial charge in [-0.2, -0.15) is 0 Å². The van der Waals surface area contributed by atoms with E-state index in [1.807, 2.05) is 12.2 Å². The summed E-state index contributed by atoms with van der Waals surface area (Å²) in [6.07, 6.45) is 3.93. The Hall–Kier alpha value is -2.12. The number of benzene rings is 2. The van der Waals surface area contributed by atoms with Crippen LogP contribution in [-0.4, -0.2) is 0 Å². The third-order valence-corrected chi connectivity index (χ3v) is 5.62. The van der Waals surface area contributed by atoms with Crippen LogP contribution < -0.4 is 0 Å². The van der Waals surface area contributed by atoms with E-state index < -0.39 is 0 Å².